The molecule has 1 N–H and O–H groups in total. The van der Waals surface area contributed by atoms with Gasteiger partial charge in [-0.1, -0.05) is 56.3 Å². The molecule has 1 amide bonds. The zero-order valence-corrected chi connectivity index (χ0v) is 22.3. The van der Waals surface area contributed by atoms with Crippen molar-refractivity contribution >= 4 is 40.6 Å². The van der Waals surface area contributed by atoms with Crippen molar-refractivity contribution in [1.29, 1.82) is 0 Å². The highest BCUT2D eigenvalue weighted by Crippen LogP contribution is 2.33. The number of carbonyl (C=O) groups is 2. The van der Waals surface area contributed by atoms with E-state index in [-0.39, 0.29) is 11.5 Å². The van der Waals surface area contributed by atoms with Gasteiger partial charge in [-0.3, -0.25) is 14.5 Å². The van der Waals surface area contributed by atoms with Gasteiger partial charge in [-0.25, -0.2) is 9.38 Å². The van der Waals surface area contributed by atoms with Crippen LogP contribution in [0.5, 0.6) is 5.75 Å². The molecule has 8 heteroatoms. The first-order valence-electron chi connectivity index (χ1n) is 12.2. The topological polar surface area (TPSA) is 79.2 Å². The molecule has 0 unspecified atom stereocenters. The fourth-order valence-electron chi connectivity index (χ4n) is 3.90. The SMILES string of the molecule is CC(C)Cc1ccc(COc2ccc(/C=C3\SC(=Nc4ccc(CC(=O)O)c(F)c4)N(C)C3=O)cc2)cc1. The van der Waals surface area contributed by atoms with E-state index in [1.54, 1.807) is 13.1 Å². The predicted molar refractivity (Wildman–Crippen MR) is 149 cm³/mol. The van der Waals surface area contributed by atoms with Gasteiger partial charge in [0.05, 0.1) is 17.0 Å². The molecular formula is C30H29FN2O4S. The minimum atomic E-state index is -1.11. The average Bonchev–Trinajstić information content (AvgIpc) is 3.13. The Bertz CT molecular complexity index is 1380. The molecule has 3 aromatic rings. The van der Waals surface area contributed by atoms with Crippen molar-refractivity contribution in [3.05, 3.63) is 99.7 Å². The fraction of sp³-hybridized carbons (Fsp3) is 0.233. The molecule has 0 radical (unpaired) electrons. The molecule has 0 aromatic heterocycles. The number of hydrogen-bond acceptors (Lipinski definition) is 5. The highest BCUT2D eigenvalue weighted by Gasteiger charge is 2.30. The van der Waals surface area contributed by atoms with Gasteiger partial charge in [-0.15, -0.1) is 0 Å². The number of halogens is 1. The number of amides is 1. The van der Waals surface area contributed by atoms with Gasteiger partial charge >= 0.3 is 5.97 Å². The number of ether oxygens (including phenoxy) is 1. The van der Waals surface area contributed by atoms with Gasteiger partial charge in [0, 0.05) is 7.05 Å². The Kier molecular flexibility index (Phi) is 8.63. The number of amidine groups is 1. The van der Waals surface area contributed by atoms with Gasteiger partial charge in [0.25, 0.3) is 5.91 Å². The summed E-state index contributed by atoms with van der Waals surface area (Å²) >= 11 is 1.19. The highest BCUT2D eigenvalue weighted by molar-refractivity contribution is 8.18. The summed E-state index contributed by atoms with van der Waals surface area (Å²) in [6.45, 7) is 4.88. The zero-order chi connectivity index (χ0) is 27.2. The standard InChI is InChI=1S/C30H29FN2O4S/c1-19(2)14-20-4-6-22(7-5-20)18-37-25-12-8-21(9-13-25)15-27-29(36)33(3)30(38-27)32-24-11-10-23(16-28(34)35)26(31)17-24/h4-13,15,17,19H,14,16,18H2,1-3H3,(H,34,35)/b27-15-,32-30?. The molecule has 1 aliphatic rings. The van der Waals surface area contributed by atoms with Crippen LogP contribution in [0.2, 0.25) is 0 Å². The molecule has 0 atom stereocenters. The van der Waals surface area contributed by atoms with Gasteiger partial charge < -0.3 is 9.84 Å². The van der Waals surface area contributed by atoms with Gasteiger partial charge in [0.1, 0.15) is 18.2 Å². The maximum atomic E-state index is 14.2. The second kappa shape index (κ2) is 12.1. The van der Waals surface area contributed by atoms with Crippen LogP contribution in [0, 0.1) is 11.7 Å². The number of likely N-dealkylation sites (N-methyl/N-ethyl adjacent to an activating group) is 1. The van der Waals surface area contributed by atoms with Crippen LogP contribution in [0.15, 0.2) is 76.6 Å². The van der Waals surface area contributed by atoms with E-state index in [9.17, 15) is 14.0 Å². The van der Waals surface area contributed by atoms with Crippen molar-refractivity contribution in [2.75, 3.05) is 7.05 Å². The first-order chi connectivity index (χ1) is 18.2. The Hall–Kier alpha value is -3.91. The van der Waals surface area contributed by atoms with E-state index in [0.717, 1.165) is 23.3 Å². The van der Waals surface area contributed by atoms with Gasteiger partial charge in [-0.2, -0.15) is 0 Å². The molecule has 4 rings (SSSR count). The van der Waals surface area contributed by atoms with Crippen molar-refractivity contribution in [2.24, 2.45) is 10.9 Å². The maximum Gasteiger partial charge on any atom is 0.307 e. The van der Waals surface area contributed by atoms with E-state index in [1.807, 2.05) is 24.3 Å². The van der Waals surface area contributed by atoms with Crippen LogP contribution in [0.4, 0.5) is 10.1 Å². The third kappa shape index (κ3) is 7.10. The Morgan fingerprint density at radius 1 is 1.08 bits per heavy atom. The summed E-state index contributed by atoms with van der Waals surface area (Å²) in [5, 5.41) is 9.28. The van der Waals surface area contributed by atoms with Crippen molar-refractivity contribution in [2.45, 2.75) is 33.3 Å². The number of thioether (sulfide) groups is 1. The van der Waals surface area contributed by atoms with Crippen molar-refractivity contribution in [1.82, 2.24) is 4.90 Å². The van der Waals surface area contributed by atoms with E-state index < -0.39 is 18.2 Å². The van der Waals surface area contributed by atoms with E-state index >= 15 is 0 Å². The quantitative estimate of drug-likeness (QED) is 0.320. The number of carboxylic acids is 1. The highest BCUT2D eigenvalue weighted by atomic mass is 32.2. The summed E-state index contributed by atoms with van der Waals surface area (Å²) in [5.74, 6) is -0.612. The maximum absolute atomic E-state index is 14.2. The summed E-state index contributed by atoms with van der Waals surface area (Å²) in [4.78, 5) is 29.9. The van der Waals surface area contributed by atoms with Crippen LogP contribution in [-0.4, -0.2) is 34.1 Å². The van der Waals surface area contributed by atoms with E-state index in [0.29, 0.717) is 28.3 Å². The summed E-state index contributed by atoms with van der Waals surface area (Å²) in [6.07, 6.45) is 2.43. The van der Waals surface area contributed by atoms with Crippen LogP contribution in [0.1, 0.15) is 36.1 Å². The molecule has 0 saturated carbocycles. The Morgan fingerprint density at radius 2 is 1.76 bits per heavy atom. The lowest BCUT2D eigenvalue weighted by Gasteiger charge is -2.09. The molecule has 0 bridgehead atoms. The van der Waals surface area contributed by atoms with Gasteiger partial charge in [0.15, 0.2) is 5.17 Å². The van der Waals surface area contributed by atoms with Crippen LogP contribution in [-0.2, 0) is 29.0 Å². The molecule has 196 valence electrons. The Labute approximate surface area is 225 Å². The fourth-order valence-corrected chi connectivity index (χ4v) is 4.88. The molecular weight excluding hydrogens is 503 g/mol. The lowest BCUT2D eigenvalue weighted by Crippen LogP contribution is -2.23. The third-order valence-corrected chi connectivity index (χ3v) is 6.92. The predicted octanol–water partition coefficient (Wildman–Crippen LogP) is 6.46. The minimum Gasteiger partial charge on any atom is -0.489 e. The molecule has 3 aromatic carbocycles. The average molecular weight is 533 g/mol. The molecule has 0 aliphatic carbocycles. The minimum absolute atomic E-state index is 0.0810. The molecule has 1 fully saturated rings. The summed E-state index contributed by atoms with van der Waals surface area (Å²) in [7, 11) is 1.61. The number of benzene rings is 3. The van der Waals surface area contributed by atoms with Crippen molar-refractivity contribution in [3.63, 3.8) is 0 Å². The second-order valence-electron chi connectivity index (χ2n) is 9.49. The number of aliphatic carboxylic acids is 1. The molecule has 0 spiro atoms. The normalized spacial score (nSPS) is 15.6. The monoisotopic (exact) mass is 532 g/mol. The lowest BCUT2D eigenvalue weighted by atomic mass is 10.0. The number of nitrogens with zero attached hydrogens (tertiary/aromatic N) is 2. The number of carbonyl (C=O) groups excluding carboxylic acids is 1. The lowest BCUT2D eigenvalue weighted by molar-refractivity contribution is -0.136. The van der Waals surface area contributed by atoms with Gasteiger partial charge in [0.2, 0.25) is 0 Å². The second-order valence-corrected chi connectivity index (χ2v) is 10.5. The van der Waals surface area contributed by atoms with Crippen LogP contribution >= 0.6 is 11.8 Å². The summed E-state index contributed by atoms with van der Waals surface area (Å²) in [5.41, 5.74) is 3.64. The van der Waals surface area contributed by atoms with Crippen LogP contribution < -0.4 is 4.74 Å². The first-order valence-corrected chi connectivity index (χ1v) is 13.1. The number of rotatable bonds is 9. The molecule has 38 heavy (non-hydrogen) atoms. The number of hydrogen-bond donors (Lipinski definition) is 1. The molecule has 1 saturated heterocycles. The van der Waals surface area contributed by atoms with E-state index in [4.69, 9.17) is 9.84 Å². The Balaban J connectivity index is 1.39. The molecule has 1 heterocycles. The first kappa shape index (κ1) is 27.1. The molecule has 1 aliphatic heterocycles. The van der Waals surface area contributed by atoms with E-state index in [2.05, 4.69) is 43.1 Å². The zero-order valence-electron chi connectivity index (χ0n) is 21.5. The smallest absolute Gasteiger partial charge is 0.307 e. The Morgan fingerprint density at radius 3 is 2.39 bits per heavy atom. The molecule has 6 nitrogen and oxygen atoms in total. The van der Waals surface area contributed by atoms with Crippen LogP contribution in [0.3, 0.4) is 0 Å². The summed E-state index contributed by atoms with van der Waals surface area (Å²) < 4.78 is 20.1. The van der Waals surface area contributed by atoms with E-state index in [1.165, 1.54) is 40.4 Å². The largest absolute Gasteiger partial charge is 0.489 e. The number of aliphatic imine (C=N–C) groups is 1. The van der Waals surface area contributed by atoms with Crippen molar-refractivity contribution in [3.8, 4) is 5.75 Å². The third-order valence-electron chi connectivity index (χ3n) is 5.86. The van der Waals surface area contributed by atoms with Gasteiger partial charge in [-0.05, 0) is 76.7 Å². The number of carboxylic acid groups (broad SMARTS) is 1. The van der Waals surface area contributed by atoms with Crippen LogP contribution in [0.25, 0.3) is 6.08 Å². The van der Waals surface area contributed by atoms with Crippen molar-refractivity contribution < 1.29 is 23.8 Å². The summed E-state index contributed by atoms with van der Waals surface area (Å²) in [6, 6.07) is 20.1.